The van der Waals surface area contributed by atoms with Crippen LogP contribution in [0, 0.1) is 5.82 Å². The van der Waals surface area contributed by atoms with E-state index in [9.17, 15) is 13.6 Å². The summed E-state index contributed by atoms with van der Waals surface area (Å²) in [5.41, 5.74) is 0.792. The number of carbonyl (C=O) groups is 1. The fourth-order valence-corrected chi connectivity index (χ4v) is 3.18. The van der Waals surface area contributed by atoms with Gasteiger partial charge in [-0.25, -0.2) is 18.4 Å². The number of hydrogen-bond acceptors (Lipinski definition) is 3. The Balaban J connectivity index is 1.63. The molecule has 1 unspecified atom stereocenters. The Morgan fingerprint density at radius 1 is 1.19 bits per heavy atom. The number of nitrogens with zero attached hydrogens (tertiary/aromatic N) is 3. The smallest absolute Gasteiger partial charge is 0.295 e. The van der Waals surface area contributed by atoms with Crippen molar-refractivity contribution in [1.82, 2.24) is 14.8 Å². The Morgan fingerprint density at radius 2 is 1.96 bits per heavy atom. The van der Waals surface area contributed by atoms with E-state index in [2.05, 4.69) is 15.4 Å². The highest BCUT2D eigenvalue weighted by molar-refractivity contribution is 6.31. The highest BCUT2D eigenvalue weighted by Gasteiger charge is 2.36. The fraction of sp³-hybridized carbons (Fsp3) is 0.167. The molecule has 5 nitrogen and oxygen atoms in total. The Morgan fingerprint density at radius 3 is 2.73 bits per heavy atom. The van der Waals surface area contributed by atoms with Crippen molar-refractivity contribution < 1.29 is 13.6 Å². The predicted octanol–water partition coefficient (Wildman–Crippen LogP) is 4.33. The van der Waals surface area contributed by atoms with Crippen molar-refractivity contribution in [3.8, 4) is 0 Å². The number of amides is 1. The number of hydrogen-bond donors (Lipinski definition) is 1. The third kappa shape index (κ3) is 2.84. The average Bonchev–Trinajstić information content (AvgIpc) is 3.21. The van der Waals surface area contributed by atoms with Crippen LogP contribution in [-0.2, 0) is 0 Å². The lowest BCUT2D eigenvalue weighted by atomic mass is 10.0. The summed E-state index contributed by atoms with van der Waals surface area (Å²) in [5.74, 6) is -1.61. The lowest BCUT2D eigenvalue weighted by Crippen LogP contribution is -2.16. The zero-order valence-corrected chi connectivity index (χ0v) is 14.1. The van der Waals surface area contributed by atoms with Crippen molar-refractivity contribution in [2.24, 2.45) is 0 Å². The van der Waals surface area contributed by atoms with E-state index in [4.69, 9.17) is 11.6 Å². The SMILES string of the molecule is O=C(Nc1cccc(Cl)c1F)c1nc2n(n1)C(c1ccccc1)C[C@@H]2F. The van der Waals surface area contributed by atoms with E-state index in [0.717, 1.165) is 5.56 Å². The summed E-state index contributed by atoms with van der Waals surface area (Å²) in [4.78, 5) is 16.4. The minimum atomic E-state index is -1.32. The van der Waals surface area contributed by atoms with Crippen LogP contribution in [0.25, 0.3) is 0 Å². The number of alkyl halides is 1. The van der Waals surface area contributed by atoms with Crippen molar-refractivity contribution >= 4 is 23.2 Å². The zero-order valence-electron chi connectivity index (χ0n) is 13.4. The Labute approximate surface area is 152 Å². The van der Waals surface area contributed by atoms with Crippen LogP contribution in [0.1, 0.15) is 40.6 Å². The first-order chi connectivity index (χ1) is 12.5. The normalized spacial score (nSPS) is 18.6. The van der Waals surface area contributed by atoms with Crippen LogP contribution in [-0.4, -0.2) is 20.7 Å². The highest BCUT2D eigenvalue weighted by atomic mass is 35.5. The predicted molar refractivity (Wildman–Crippen MR) is 92.4 cm³/mol. The minimum absolute atomic E-state index is 0.0890. The minimum Gasteiger partial charge on any atom is -0.317 e. The van der Waals surface area contributed by atoms with Crippen LogP contribution in [0.4, 0.5) is 14.5 Å². The topological polar surface area (TPSA) is 59.8 Å². The molecule has 1 aliphatic heterocycles. The molecule has 8 heteroatoms. The summed E-state index contributed by atoms with van der Waals surface area (Å²) < 4.78 is 29.7. The number of carbonyl (C=O) groups excluding carboxylic acids is 1. The number of anilines is 1. The van der Waals surface area contributed by atoms with Crippen LogP contribution in [0.2, 0.25) is 5.02 Å². The van der Waals surface area contributed by atoms with Crippen molar-refractivity contribution in [2.45, 2.75) is 18.6 Å². The maximum Gasteiger partial charge on any atom is 0.295 e. The number of rotatable bonds is 3. The van der Waals surface area contributed by atoms with Gasteiger partial charge in [-0.05, 0) is 17.7 Å². The van der Waals surface area contributed by atoms with E-state index in [0.29, 0.717) is 0 Å². The molecule has 2 atom stereocenters. The number of fused-ring (bicyclic) bond motifs is 1. The second-order valence-corrected chi connectivity index (χ2v) is 6.33. The molecule has 0 aliphatic carbocycles. The van der Waals surface area contributed by atoms with Gasteiger partial charge in [0.2, 0.25) is 5.82 Å². The maximum absolute atomic E-state index is 14.3. The van der Waals surface area contributed by atoms with Crippen molar-refractivity contribution in [3.63, 3.8) is 0 Å². The lowest BCUT2D eigenvalue weighted by Gasteiger charge is -2.11. The Kier molecular flexibility index (Phi) is 4.16. The standard InChI is InChI=1S/C18H13ClF2N4O/c19-11-7-4-8-13(15(11)21)22-18(26)16-23-17-12(20)9-14(25(17)24-16)10-5-2-1-3-6-10/h1-8,12,14H,9H2,(H,22,26)/t12-,14?/m0/s1. The molecule has 26 heavy (non-hydrogen) atoms. The van der Waals surface area contributed by atoms with Gasteiger partial charge in [0.1, 0.15) is 0 Å². The fourth-order valence-electron chi connectivity index (χ4n) is 3.01. The summed E-state index contributed by atoms with van der Waals surface area (Å²) in [6.45, 7) is 0. The van der Waals surface area contributed by atoms with Gasteiger partial charge in [0.15, 0.2) is 17.8 Å². The van der Waals surface area contributed by atoms with Gasteiger partial charge in [0.05, 0.1) is 16.8 Å². The molecule has 1 aliphatic rings. The first-order valence-electron chi connectivity index (χ1n) is 7.95. The van der Waals surface area contributed by atoms with E-state index in [1.165, 1.54) is 22.9 Å². The van der Waals surface area contributed by atoms with Gasteiger partial charge in [-0.3, -0.25) is 4.79 Å². The van der Waals surface area contributed by atoms with Gasteiger partial charge >= 0.3 is 0 Å². The van der Waals surface area contributed by atoms with E-state index >= 15 is 0 Å². The van der Waals surface area contributed by atoms with E-state index in [1.54, 1.807) is 0 Å². The summed E-state index contributed by atoms with van der Waals surface area (Å²) >= 11 is 5.70. The van der Waals surface area contributed by atoms with Crippen LogP contribution >= 0.6 is 11.6 Å². The molecule has 0 saturated carbocycles. The molecule has 132 valence electrons. The molecule has 1 aromatic heterocycles. The molecule has 0 spiro atoms. The summed E-state index contributed by atoms with van der Waals surface area (Å²) in [6, 6.07) is 13.2. The monoisotopic (exact) mass is 374 g/mol. The lowest BCUT2D eigenvalue weighted by molar-refractivity contribution is 0.101. The quantitative estimate of drug-likeness (QED) is 0.742. The Bertz CT molecular complexity index is 977. The van der Waals surface area contributed by atoms with Crippen molar-refractivity contribution in [1.29, 1.82) is 0 Å². The molecule has 1 amide bonds. The van der Waals surface area contributed by atoms with E-state index in [1.807, 2.05) is 30.3 Å². The molecule has 2 heterocycles. The Hall–Kier alpha value is -2.80. The molecule has 0 fully saturated rings. The number of halogens is 3. The highest BCUT2D eigenvalue weighted by Crippen LogP contribution is 2.39. The number of benzene rings is 2. The first-order valence-corrected chi connectivity index (χ1v) is 8.33. The van der Waals surface area contributed by atoms with Crippen molar-refractivity contribution in [3.05, 3.63) is 76.6 Å². The van der Waals surface area contributed by atoms with Gasteiger partial charge < -0.3 is 5.32 Å². The van der Waals surface area contributed by atoms with E-state index in [-0.39, 0.29) is 34.8 Å². The summed E-state index contributed by atoms with van der Waals surface area (Å²) in [5, 5.41) is 6.40. The summed E-state index contributed by atoms with van der Waals surface area (Å²) in [6.07, 6.45) is -1.11. The summed E-state index contributed by atoms with van der Waals surface area (Å²) in [7, 11) is 0. The molecular formula is C18H13ClF2N4O. The molecular weight excluding hydrogens is 362 g/mol. The first kappa shape index (κ1) is 16.7. The maximum atomic E-state index is 14.3. The zero-order chi connectivity index (χ0) is 18.3. The number of aromatic nitrogens is 3. The van der Waals surface area contributed by atoms with Crippen LogP contribution < -0.4 is 5.32 Å². The third-order valence-electron chi connectivity index (χ3n) is 4.25. The average molecular weight is 375 g/mol. The van der Waals surface area contributed by atoms with Crippen LogP contribution in [0.5, 0.6) is 0 Å². The largest absolute Gasteiger partial charge is 0.317 e. The molecule has 4 rings (SSSR count). The number of nitrogens with one attached hydrogen (secondary N) is 1. The second-order valence-electron chi connectivity index (χ2n) is 5.92. The van der Waals surface area contributed by atoms with Crippen LogP contribution in [0.3, 0.4) is 0 Å². The van der Waals surface area contributed by atoms with Gasteiger partial charge in [-0.2, -0.15) is 0 Å². The van der Waals surface area contributed by atoms with E-state index < -0.39 is 17.9 Å². The van der Waals surface area contributed by atoms with Gasteiger partial charge in [-0.1, -0.05) is 48.0 Å². The second kappa shape index (κ2) is 6.49. The van der Waals surface area contributed by atoms with Gasteiger partial charge in [-0.15, -0.1) is 5.10 Å². The molecule has 3 aromatic rings. The van der Waals surface area contributed by atoms with Gasteiger partial charge in [0, 0.05) is 6.42 Å². The van der Waals surface area contributed by atoms with Crippen molar-refractivity contribution in [2.75, 3.05) is 5.32 Å². The molecule has 0 saturated heterocycles. The molecule has 0 bridgehead atoms. The molecule has 1 N–H and O–H groups in total. The molecule has 2 aromatic carbocycles. The molecule has 0 radical (unpaired) electrons. The van der Waals surface area contributed by atoms with Gasteiger partial charge in [0.25, 0.3) is 5.91 Å². The third-order valence-corrected chi connectivity index (χ3v) is 4.54. The van der Waals surface area contributed by atoms with Crippen LogP contribution in [0.15, 0.2) is 48.5 Å².